The van der Waals surface area contributed by atoms with Crippen LogP contribution in [0.1, 0.15) is 28.4 Å². The number of amides is 1. The van der Waals surface area contributed by atoms with Crippen LogP contribution < -0.4 is 9.47 Å². The van der Waals surface area contributed by atoms with Gasteiger partial charge in [-0.25, -0.2) is 9.90 Å². The van der Waals surface area contributed by atoms with Crippen molar-refractivity contribution in [2.75, 3.05) is 13.3 Å². The van der Waals surface area contributed by atoms with Crippen molar-refractivity contribution in [3.05, 3.63) is 46.2 Å². The number of fused-ring (bicyclic) bond motifs is 1. The normalized spacial score (nSPS) is 23.1. The van der Waals surface area contributed by atoms with E-state index in [0.29, 0.717) is 23.6 Å². The summed E-state index contributed by atoms with van der Waals surface area (Å²) in [6, 6.07) is 8.97. The Hall–Kier alpha value is -2.09. The van der Waals surface area contributed by atoms with Crippen LogP contribution >= 0.6 is 11.3 Å². The van der Waals surface area contributed by atoms with Crippen LogP contribution in [0, 0.1) is 0 Å². The number of nitrogens with zero attached hydrogens (tertiary/aromatic N) is 1. The fourth-order valence-electron chi connectivity index (χ4n) is 2.52. The fraction of sp³-hybridized carbons (Fsp3) is 0.312. The molecule has 3 heterocycles. The highest BCUT2D eigenvalue weighted by Gasteiger charge is 2.32. The first-order chi connectivity index (χ1) is 11.2. The second kappa shape index (κ2) is 5.84. The molecule has 6 nitrogen and oxygen atoms in total. The SMILES string of the molecule is C[C@H]1CN(C(=O)c2ccc3c(c2)OCO3)O[C@H](c2cccs2)O1. The molecule has 0 bridgehead atoms. The number of rotatable bonds is 2. The Morgan fingerprint density at radius 1 is 1.26 bits per heavy atom. The quantitative estimate of drug-likeness (QED) is 0.846. The van der Waals surface area contributed by atoms with Crippen LogP contribution in [0.15, 0.2) is 35.7 Å². The highest BCUT2D eigenvalue weighted by atomic mass is 32.1. The average molecular weight is 333 g/mol. The lowest BCUT2D eigenvalue weighted by molar-refractivity contribution is -0.319. The van der Waals surface area contributed by atoms with Gasteiger partial charge >= 0.3 is 0 Å². The van der Waals surface area contributed by atoms with Crippen molar-refractivity contribution < 1.29 is 23.8 Å². The van der Waals surface area contributed by atoms with Crippen LogP contribution in [-0.4, -0.2) is 30.4 Å². The molecule has 0 saturated carbocycles. The Bertz CT molecular complexity index is 717. The van der Waals surface area contributed by atoms with Crippen molar-refractivity contribution in [1.82, 2.24) is 5.06 Å². The van der Waals surface area contributed by atoms with Crippen molar-refractivity contribution in [2.45, 2.75) is 19.3 Å². The molecule has 1 fully saturated rings. The molecular weight excluding hydrogens is 318 g/mol. The lowest BCUT2D eigenvalue weighted by atomic mass is 10.2. The van der Waals surface area contributed by atoms with Gasteiger partial charge in [-0.1, -0.05) is 6.07 Å². The van der Waals surface area contributed by atoms with Gasteiger partial charge in [0.1, 0.15) is 0 Å². The van der Waals surface area contributed by atoms with Crippen LogP contribution in [0.3, 0.4) is 0 Å². The van der Waals surface area contributed by atoms with Crippen molar-refractivity contribution in [2.24, 2.45) is 0 Å². The van der Waals surface area contributed by atoms with E-state index in [1.807, 2.05) is 24.4 Å². The van der Waals surface area contributed by atoms with E-state index in [2.05, 4.69) is 0 Å². The van der Waals surface area contributed by atoms with Gasteiger partial charge in [-0.3, -0.25) is 4.79 Å². The van der Waals surface area contributed by atoms with E-state index in [4.69, 9.17) is 19.0 Å². The third kappa shape index (κ3) is 2.78. The number of carbonyl (C=O) groups is 1. The molecule has 1 saturated heterocycles. The van der Waals surface area contributed by atoms with Crippen molar-refractivity contribution in [1.29, 1.82) is 0 Å². The number of benzene rings is 1. The van der Waals surface area contributed by atoms with E-state index >= 15 is 0 Å². The molecule has 1 aromatic carbocycles. The molecule has 1 amide bonds. The number of thiophene rings is 1. The van der Waals surface area contributed by atoms with E-state index in [-0.39, 0.29) is 18.8 Å². The van der Waals surface area contributed by atoms with Crippen LogP contribution in [-0.2, 0) is 9.57 Å². The molecule has 2 aliphatic heterocycles. The summed E-state index contributed by atoms with van der Waals surface area (Å²) in [5, 5.41) is 3.31. The Labute approximate surface area is 137 Å². The first-order valence-electron chi connectivity index (χ1n) is 7.28. The van der Waals surface area contributed by atoms with E-state index in [1.54, 1.807) is 18.2 Å². The molecule has 1 aromatic heterocycles. The van der Waals surface area contributed by atoms with Gasteiger partial charge in [0.05, 0.1) is 17.5 Å². The Morgan fingerprint density at radius 3 is 2.96 bits per heavy atom. The monoisotopic (exact) mass is 333 g/mol. The van der Waals surface area contributed by atoms with Gasteiger partial charge in [-0.15, -0.1) is 11.3 Å². The first kappa shape index (κ1) is 14.5. The van der Waals surface area contributed by atoms with Crippen molar-refractivity contribution in [3.63, 3.8) is 0 Å². The number of hydrogen-bond donors (Lipinski definition) is 0. The minimum Gasteiger partial charge on any atom is -0.454 e. The fourth-order valence-corrected chi connectivity index (χ4v) is 3.20. The number of hydrogen-bond acceptors (Lipinski definition) is 6. The predicted molar refractivity (Wildman–Crippen MR) is 82.3 cm³/mol. The smallest absolute Gasteiger partial charge is 0.277 e. The molecule has 0 unspecified atom stereocenters. The molecule has 7 heteroatoms. The molecule has 23 heavy (non-hydrogen) atoms. The maximum Gasteiger partial charge on any atom is 0.277 e. The molecule has 2 aliphatic rings. The van der Waals surface area contributed by atoms with Crippen LogP contribution in [0.2, 0.25) is 0 Å². The summed E-state index contributed by atoms with van der Waals surface area (Å²) in [5.74, 6) is 1.00. The standard InChI is InChI=1S/C16H15NO5S/c1-10-8-17(22-16(21-10)14-3-2-6-23-14)15(18)11-4-5-12-13(7-11)20-9-19-12/h2-7,10,16H,8-9H2,1H3/t10-,16+/m0/s1. The van der Waals surface area contributed by atoms with Gasteiger partial charge in [0, 0.05) is 5.56 Å². The molecule has 0 N–H and O–H groups in total. The third-order valence-electron chi connectivity index (χ3n) is 3.62. The summed E-state index contributed by atoms with van der Waals surface area (Å²) in [6.45, 7) is 2.47. The molecule has 2 atom stereocenters. The van der Waals surface area contributed by atoms with Gasteiger partial charge < -0.3 is 14.2 Å². The summed E-state index contributed by atoms with van der Waals surface area (Å²) in [7, 11) is 0. The minimum absolute atomic E-state index is 0.117. The van der Waals surface area contributed by atoms with E-state index in [1.165, 1.54) is 16.4 Å². The molecule has 0 radical (unpaired) electrons. The number of hydroxylamine groups is 2. The summed E-state index contributed by atoms with van der Waals surface area (Å²) in [5.41, 5.74) is 0.494. The maximum absolute atomic E-state index is 12.7. The molecule has 0 spiro atoms. The summed E-state index contributed by atoms with van der Waals surface area (Å²) in [4.78, 5) is 19.4. The third-order valence-corrected chi connectivity index (χ3v) is 4.52. The average Bonchev–Trinajstić information content (AvgIpc) is 3.24. The molecule has 120 valence electrons. The second-order valence-corrected chi connectivity index (χ2v) is 6.31. The number of ether oxygens (including phenoxy) is 3. The lowest BCUT2D eigenvalue weighted by Gasteiger charge is -2.35. The lowest BCUT2D eigenvalue weighted by Crippen LogP contribution is -2.44. The zero-order valence-corrected chi connectivity index (χ0v) is 13.2. The molecule has 4 rings (SSSR count). The minimum atomic E-state index is -0.559. The Kier molecular flexibility index (Phi) is 3.68. The van der Waals surface area contributed by atoms with Gasteiger partial charge in [0.2, 0.25) is 13.1 Å². The van der Waals surface area contributed by atoms with E-state index in [9.17, 15) is 4.79 Å². The summed E-state index contributed by atoms with van der Waals surface area (Å²) < 4.78 is 16.4. The zero-order valence-electron chi connectivity index (χ0n) is 12.4. The second-order valence-electron chi connectivity index (χ2n) is 5.33. The largest absolute Gasteiger partial charge is 0.454 e. The highest BCUT2D eigenvalue weighted by molar-refractivity contribution is 7.10. The Balaban J connectivity index is 1.55. The van der Waals surface area contributed by atoms with E-state index < -0.39 is 6.29 Å². The Morgan fingerprint density at radius 2 is 2.13 bits per heavy atom. The van der Waals surface area contributed by atoms with Gasteiger partial charge in [-0.05, 0) is 36.6 Å². The van der Waals surface area contributed by atoms with Gasteiger partial charge in [0.15, 0.2) is 11.5 Å². The molecule has 0 aliphatic carbocycles. The molecule has 2 aromatic rings. The van der Waals surface area contributed by atoms with Crippen molar-refractivity contribution >= 4 is 17.2 Å². The predicted octanol–water partition coefficient (Wildman–Crippen LogP) is 2.97. The van der Waals surface area contributed by atoms with Gasteiger partial charge in [0.25, 0.3) is 5.91 Å². The summed E-state index contributed by atoms with van der Waals surface area (Å²) in [6.07, 6.45) is -0.675. The molecular formula is C16H15NO5S. The van der Waals surface area contributed by atoms with Crippen molar-refractivity contribution in [3.8, 4) is 11.5 Å². The highest BCUT2D eigenvalue weighted by Crippen LogP contribution is 2.34. The van der Waals surface area contributed by atoms with Crippen LogP contribution in [0.4, 0.5) is 0 Å². The number of carbonyl (C=O) groups excluding carboxylic acids is 1. The van der Waals surface area contributed by atoms with E-state index in [0.717, 1.165) is 4.88 Å². The zero-order chi connectivity index (χ0) is 15.8. The topological polar surface area (TPSA) is 57.2 Å². The maximum atomic E-state index is 12.7. The van der Waals surface area contributed by atoms with Crippen LogP contribution in [0.5, 0.6) is 11.5 Å². The van der Waals surface area contributed by atoms with Gasteiger partial charge in [-0.2, -0.15) is 0 Å². The first-order valence-corrected chi connectivity index (χ1v) is 8.16. The summed E-state index contributed by atoms with van der Waals surface area (Å²) >= 11 is 1.53. The van der Waals surface area contributed by atoms with Crippen LogP contribution in [0.25, 0.3) is 0 Å².